The number of nitrogens with zero attached hydrogens (tertiary/aromatic N) is 2. The fourth-order valence-electron chi connectivity index (χ4n) is 1.48. The fourth-order valence-corrected chi connectivity index (χ4v) is 1.48. The van der Waals surface area contributed by atoms with E-state index in [1.165, 1.54) is 0 Å². The number of hydrogen-bond donors (Lipinski definition) is 1. The van der Waals surface area contributed by atoms with Gasteiger partial charge < -0.3 is 10.6 Å². The highest BCUT2D eigenvalue weighted by Gasteiger charge is 2.40. The first-order valence-electron chi connectivity index (χ1n) is 4.07. The molecule has 0 aromatic rings. The van der Waals surface area contributed by atoms with Crippen LogP contribution in [0.3, 0.4) is 0 Å². The summed E-state index contributed by atoms with van der Waals surface area (Å²) in [5.41, 5.74) is 5.01. The molecule has 0 atom stereocenters. The Bertz CT molecular complexity index is 237. The van der Waals surface area contributed by atoms with Crippen molar-refractivity contribution in [3.05, 3.63) is 0 Å². The topological polar surface area (TPSA) is 66.6 Å². The van der Waals surface area contributed by atoms with Crippen LogP contribution in [0.5, 0.6) is 0 Å². The Morgan fingerprint density at radius 1 is 1.42 bits per heavy atom. The predicted molar refractivity (Wildman–Crippen MR) is 41.4 cm³/mol. The minimum atomic E-state index is -0.636. The van der Waals surface area contributed by atoms with Gasteiger partial charge in [0.05, 0.1) is 0 Å². The molecule has 66 valence electrons. The maximum atomic E-state index is 11.4. The quantitative estimate of drug-likeness (QED) is 0.598. The number of imide groups is 1. The lowest BCUT2D eigenvalue weighted by Crippen LogP contribution is -2.40. The lowest BCUT2D eigenvalue weighted by Gasteiger charge is -2.14. The number of nitrogens with two attached hydrogens (primary N) is 1. The molecule has 5 heteroatoms. The molecule has 0 bridgehead atoms. The Kier molecular flexibility index (Phi) is 1.46. The maximum absolute atomic E-state index is 11.4. The van der Waals surface area contributed by atoms with Crippen LogP contribution >= 0.6 is 0 Å². The Balaban J connectivity index is 2.05. The first-order valence-corrected chi connectivity index (χ1v) is 4.07. The van der Waals surface area contributed by atoms with Gasteiger partial charge in [0.15, 0.2) is 0 Å². The van der Waals surface area contributed by atoms with Gasteiger partial charge in [-0.2, -0.15) is 0 Å². The van der Waals surface area contributed by atoms with E-state index in [1.54, 1.807) is 4.90 Å². The highest BCUT2D eigenvalue weighted by molar-refractivity contribution is 5.94. The molecule has 2 aliphatic rings. The molecule has 0 spiro atoms. The first-order chi connectivity index (χ1) is 5.70. The van der Waals surface area contributed by atoms with E-state index in [0.717, 1.165) is 17.7 Å². The third-order valence-corrected chi connectivity index (χ3v) is 2.29. The second kappa shape index (κ2) is 2.36. The summed E-state index contributed by atoms with van der Waals surface area (Å²) in [6.45, 7) is 1.09. The van der Waals surface area contributed by atoms with E-state index >= 15 is 0 Å². The summed E-state index contributed by atoms with van der Waals surface area (Å²) in [5.74, 6) is 0. The van der Waals surface area contributed by atoms with Crippen molar-refractivity contribution in [1.29, 1.82) is 0 Å². The summed E-state index contributed by atoms with van der Waals surface area (Å²) in [6.07, 6.45) is 2.14. The van der Waals surface area contributed by atoms with E-state index < -0.39 is 6.03 Å². The highest BCUT2D eigenvalue weighted by atomic mass is 16.2. The van der Waals surface area contributed by atoms with Crippen LogP contribution in [-0.4, -0.2) is 41.0 Å². The first kappa shape index (κ1) is 7.39. The SMILES string of the molecule is NC(=O)N1CCN(C2CC2)C1=O. The van der Waals surface area contributed by atoms with Gasteiger partial charge in [-0.1, -0.05) is 0 Å². The number of rotatable bonds is 1. The Morgan fingerprint density at radius 2 is 2.08 bits per heavy atom. The maximum Gasteiger partial charge on any atom is 0.328 e. The van der Waals surface area contributed by atoms with E-state index in [9.17, 15) is 9.59 Å². The molecule has 0 unspecified atom stereocenters. The third-order valence-electron chi connectivity index (χ3n) is 2.29. The van der Waals surface area contributed by atoms with Crippen molar-refractivity contribution in [2.75, 3.05) is 13.1 Å². The molecule has 0 aromatic heterocycles. The van der Waals surface area contributed by atoms with Gasteiger partial charge in [0.1, 0.15) is 0 Å². The van der Waals surface area contributed by atoms with Crippen molar-refractivity contribution in [2.24, 2.45) is 5.73 Å². The molecular formula is C7H11N3O2. The number of primary amides is 1. The van der Waals surface area contributed by atoms with Crippen molar-refractivity contribution in [3.63, 3.8) is 0 Å². The van der Waals surface area contributed by atoms with Gasteiger partial charge >= 0.3 is 12.1 Å². The standard InChI is InChI=1S/C7H11N3O2/c8-6(11)10-4-3-9(7(10)12)5-1-2-5/h5H,1-4H2,(H2,8,11). The minimum absolute atomic E-state index is 0.218. The van der Waals surface area contributed by atoms with Crippen molar-refractivity contribution >= 4 is 12.1 Å². The lowest BCUT2D eigenvalue weighted by molar-refractivity contribution is 0.187. The number of urea groups is 2. The highest BCUT2D eigenvalue weighted by Crippen LogP contribution is 2.29. The molecule has 1 heterocycles. The molecule has 1 aliphatic heterocycles. The van der Waals surface area contributed by atoms with Crippen LogP contribution in [0.2, 0.25) is 0 Å². The number of carbonyl (C=O) groups excluding carboxylic acids is 2. The molecule has 12 heavy (non-hydrogen) atoms. The zero-order valence-electron chi connectivity index (χ0n) is 6.69. The van der Waals surface area contributed by atoms with E-state index in [1.807, 2.05) is 0 Å². The summed E-state index contributed by atoms with van der Waals surface area (Å²) in [4.78, 5) is 24.9. The van der Waals surface area contributed by atoms with Crippen LogP contribution in [0, 0.1) is 0 Å². The van der Waals surface area contributed by atoms with E-state index in [0.29, 0.717) is 19.1 Å². The summed E-state index contributed by atoms with van der Waals surface area (Å²) in [6, 6.07) is -0.477. The molecule has 0 radical (unpaired) electrons. The van der Waals surface area contributed by atoms with Crippen LogP contribution < -0.4 is 5.73 Å². The van der Waals surface area contributed by atoms with Gasteiger partial charge in [-0.3, -0.25) is 0 Å². The van der Waals surface area contributed by atoms with Crippen LogP contribution in [0.4, 0.5) is 9.59 Å². The lowest BCUT2D eigenvalue weighted by atomic mass is 10.5. The molecule has 1 saturated carbocycles. The molecule has 5 nitrogen and oxygen atoms in total. The van der Waals surface area contributed by atoms with Crippen LogP contribution in [-0.2, 0) is 0 Å². The predicted octanol–water partition coefficient (Wildman–Crippen LogP) is -0.0349. The molecule has 2 N–H and O–H groups in total. The van der Waals surface area contributed by atoms with Gasteiger partial charge in [0, 0.05) is 19.1 Å². The molecule has 2 fully saturated rings. The van der Waals surface area contributed by atoms with Gasteiger partial charge in [0.2, 0.25) is 0 Å². The summed E-state index contributed by atoms with van der Waals surface area (Å²) >= 11 is 0. The zero-order chi connectivity index (χ0) is 8.72. The van der Waals surface area contributed by atoms with Crippen molar-refractivity contribution < 1.29 is 9.59 Å². The van der Waals surface area contributed by atoms with Crippen molar-refractivity contribution in [2.45, 2.75) is 18.9 Å². The van der Waals surface area contributed by atoms with Gasteiger partial charge in [-0.15, -0.1) is 0 Å². The van der Waals surface area contributed by atoms with Crippen molar-refractivity contribution in [3.8, 4) is 0 Å². The third kappa shape index (κ3) is 1.01. The minimum Gasteiger partial charge on any atom is -0.351 e. The monoisotopic (exact) mass is 169 g/mol. The largest absolute Gasteiger partial charge is 0.351 e. The van der Waals surface area contributed by atoms with Crippen LogP contribution in [0.25, 0.3) is 0 Å². The summed E-state index contributed by atoms with van der Waals surface area (Å²) in [5, 5.41) is 0. The number of hydrogen-bond acceptors (Lipinski definition) is 2. The smallest absolute Gasteiger partial charge is 0.328 e. The van der Waals surface area contributed by atoms with E-state index in [-0.39, 0.29) is 6.03 Å². The summed E-state index contributed by atoms with van der Waals surface area (Å²) < 4.78 is 0. The van der Waals surface area contributed by atoms with Crippen LogP contribution in [0.1, 0.15) is 12.8 Å². The van der Waals surface area contributed by atoms with Gasteiger partial charge in [-0.25, -0.2) is 14.5 Å². The number of carbonyl (C=O) groups is 2. The van der Waals surface area contributed by atoms with E-state index in [4.69, 9.17) is 5.73 Å². The second-order valence-electron chi connectivity index (χ2n) is 3.20. The van der Waals surface area contributed by atoms with Crippen LogP contribution in [0.15, 0.2) is 0 Å². The Hall–Kier alpha value is -1.26. The van der Waals surface area contributed by atoms with Crippen molar-refractivity contribution in [1.82, 2.24) is 9.80 Å². The zero-order valence-corrected chi connectivity index (χ0v) is 6.69. The average Bonchev–Trinajstić information content (AvgIpc) is 2.75. The average molecular weight is 169 g/mol. The molecular weight excluding hydrogens is 158 g/mol. The number of amides is 4. The Labute approximate surface area is 70.1 Å². The van der Waals surface area contributed by atoms with E-state index in [2.05, 4.69) is 0 Å². The summed E-state index contributed by atoms with van der Waals surface area (Å²) in [7, 11) is 0. The molecule has 1 saturated heterocycles. The molecule has 2 rings (SSSR count). The fraction of sp³-hybridized carbons (Fsp3) is 0.714. The second-order valence-corrected chi connectivity index (χ2v) is 3.20. The molecule has 1 aliphatic carbocycles. The molecule has 0 aromatic carbocycles. The van der Waals surface area contributed by atoms with Gasteiger partial charge in [-0.05, 0) is 12.8 Å². The normalized spacial score (nSPS) is 23.5. The van der Waals surface area contributed by atoms with Gasteiger partial charge in [0.25, 0.3) is 0 Å². The Morgan fingerprint density at radius 3 is 2.50 bits per heavy atom. The molecule has 4 amide bonds.